The number of carboxylic acid groups (broad SMARTS) is 1. The van der Waals surface area contributed by atoms with Crippen molar-refractivity contribution in [3.05, 3.63) is 0 Å². The van der Waals surface area contributed by atoms with E-state index in [0.717, 1.165) is 26.1 Å². The molecule has 0 radical (unpaired) electrons. The van der Waals surface area contributed by atoms with Crippen LogP contribution in [-0.4, -0.2) is 48.2 Å². The zero-order valence-corrected chi connectivity index (χ0v) is 10.6. The van der Waals surface area contributed by atoms with Gasteiger partial charge in [0.15, 0.2) is 0 Å². The Kier molecular flexibility index (Phi) is 4.58. The quantitative estimate of drug-likeness (QED) is 0.821. The lowest BCUT2D eigenvalue weighted by Gasteiger charge is -2.32. The van der Waals surface area contributed by atoms with Crippen molar-refractivity contribution >= 4 is 11.9 Å². The van der Waals surface area contributed by atoms with Crippen molar-refractivity contribution in [2.75, 3.05) is 26.3 Å². The third-order valence-corrected chi connectivity index (χ3v) is 4.00. The summed E-state index contributed by atoms with van der Waals surface area (Å²) >= 11 is 0. The Morgan fingerprint density at radius 2 is 1.72 bits per heavy atom. The van der Waals surface area contributed by atoms with E-state index in [-0.39, 0.29) is 11.8 Å². The number of hydrogen-bond acceptors (Lipinski definition) is 3. The van der Waals surface area contributed by atoms with Gasteiger partial charge in [0.1, 0.15) is 0 Å². The van der Waals surface area contributed by atoms with E-state index in [1.54, 1.807) is 0 Å². The Labute approximate surface area is 107 Å². The molecule has 2 aliphatic rings. The number of carbonyl (C=O) groups excluding carboxylic acids is 1. The highest BCUT2D eigenvalue weighted by Gasteiger charge is 2.28. The lowest BCUT2D eigenvalue weighted by molar-refractivity contribution is -0.146. The average molecular weight is 255 g/mol. The van der Waals surface area contributed by atoms with Gasteiger partial charge >= 0.3 is 5.97 Å². The predicted molar refractivity (Wildman–Crippen MR) is 65.1 cm³/mol. The van der Waals surface area contributed by atoms with Crippen molar-refractivity contribution in [2.24, 2.45) is 11.8 Å². The summed E-state index contributed by atoms with van der Waals surface area (Å²) < 4.78 is 5.28. The minimum absolute atomic E-state index is 0.186. The smallest absolute Gasteiger partial charge is 0.306 e. The number of aliphatic carboxylic acids is 1. The SMILES string of the molecule is O=C(O)C1CCN(C(=O)CC2CCOCC2)CC1. The molecule has 2 rings (SSSR count). The highest BCUT2D eigenvalue weighted by molar-refractivity contribution is 5.77. The number of carbonyl (C=O) groups is 2. The van der Waals surface area contributed by atoms with Crippen LogP contribution >= 0.6 is 0 Å². The topological polar surface area (TPSA) is 66.8 Å². The van der Waals surface area contributed by atoms with Crippen LogP contribution in [0.2, 0.25) is 0 Å². The monoisotopic (exact) mass is 255 g/mol. The van der Waals surface area contributed by atoms with E-state index in [0.29, 0.717) is 38.3 Å². The summed E-state index contributed by atoms with van der Waals surface area (Å²) in [6.45, 7) is 2.72. The van der Waals surface area contributed by atoms with Crippen molar-refractivity contribution < 1.29 is 19.4 Å². The summed E-state index contributed by atoms with van der Waals surface area (Å²) in [5, 5.41) is 8.91. The lowest BCUT2D eigenvalue weighted by atomic mass is 9.93. The molecule has 0 aromatic heterocycles. The fraction of sp³-hybridized carbons (Fsp3) is 0.846. The molecule has 2 aliphatic heterocycles. The van der Waals surface area contributed by atoms with Gasteiger partial charge in [0.25, 0.3) is 0 Å². The second-order valence-corrected chi connectivity index (χ2v) is 5.25. The van der Waals surface area contributed by atoms with Crippen molar-refractivity contribution in [3.63, 3.8) is 0 Å². The summed E-state index contributed by atoms with van der Waals surface area (Å²) in [4.78, 5) is 24.7. The Morgan fingerprint density at radius 1 is 1.11 bits per heavy atom. The minimum Gasteiger partial charge on any atom is -0.481 e. The molecule has 2 saturated heterocycles. The number of ether oxygens (including phenoxy) is 1. The molecule has 1 amide bonds. The summed E-state index contributed by atoms with van der Waals surface area (Å²) in [6.07, 6.45) is 3.72. The third kappa shape index (κ3) is 3.45. The number of nitrogens with zero attached hydrogens (tertiary/aromatic N) is 1. The second kappa shape index (κ2) is 6.18. The van der Waals surface area contributed by atoms with Crippen molar-refractivity contribution in [3.8, 4) is 0 Å². The maximum Gasteiger partial charge on any atom is 0.306 e. The molecule has 0 spiro atoms. The van der Waals surface area contributed by atoms with Crippen LogP contribution in [0.5, 0.6) is 0 Å². The molecule has 5 heteroatoms. The van der Waals surface area contributed by atoms with Crippen molar-refractivity contribution in [2.45, 2.75) is 32.1 Å². The zero-order chi connectivity index (χ0) is 13.0. The van der Waals surface area contributed by atoms with Gasteiger partial charge in [0.05, 0.1) is 5.92 Å². The molecule has 0 aromatic carbocycles. The molecule has 0 saturated carbocycles. The predicted octanol–water partition coefficient (Wildman–Crippen LogP) is 1.13. The first-order valence-corrected chi connectivity index (χ1v) is 6.75. The Hall–Kier alpha value is -1.10. The molecule has 0 aliphatic carbocycles. The van der Waals surface area contributed by atoms with Gasteiger partial charge in [0.2, 0.25) is 5.91 Å². The second-order valence-electron chi connectivity index (χ2n) is 5.25. The van der Waals surface area contributed by atoms with Gasteiger partial charge in [0, 0.05) is 32.7 Å². The largest absolute Gasteiger partial charge is 0.481 e. The van der Waals surface area contributed by atoms with Crippen LogP contribution in [0.1, 0.15) is 32.1 Å². The molecular weight excluding hydrogens is 234 g/mol. The summed E-state index contributed by atoms with van der Waals surface area (Å²) in [5.74, 6) is -0.363. The van der Waals surface area contributed by atoms with Crippen LogP contribution in [0.3, 0.4) is 0 Å². The van der Waals surface area contributed by atoms with Crippen molar-refractivity contribution in [1.29, 1.82) is 0 Å². The molecule has 0 aromatic rings. The van der Waals surface area contributed by atoms with E-state index in [9.17, 15) is 9.59 Å². The van der Waals surface area contributed by atoms with E-state index >= 15 is 0 Å². The number of likely N-dealkylation sites (tertiary alicyclic amines) is 1. The average Bonchev–Trinajstić information content (AvgIpc) is 2.40. The Bertz CT molecular complexity index is 304. The van der Waals surface area contributed by atoms with Crippen LogP contribution in [0, 0.1) is 11.8 Å². The summed E-state index contributed by atoms with van der Waals surface area (Å²) in [5.41, 5.74) is 0. The molecule has 1 N–H and O–H groups in total. The Balaban J connectivity index is 1.75. The molecule has 2 fully saturated rings. The van der Waals surface area contributed by atoms with E-state index in [2.05, 4.69) is 0 Å². The van der Waals surface area contributed by atoms with Crippen LogP contribution in [0.15, 0.2) is 0 Å². The van der Waals surface area contributed by atoms with Crippen LogP contribution in [-0.2, 0) is 14.3 Å². The first kappa shape index (κ1) is 13.3. The van der Waals surface area contributed by atoms with E-state index in [1.807, 2.05) is 4.90 Å². The van der Waals surface area contributed by atoms with Gasteiger partial charge in [-0.05, 0) is 31.6 Å². The van der Waals surface area contributed by atoms with E-state index in [1.165, 1.54) is 0 Å². The normalized spacial score (nSPS) is 23.0. The number of rotatable bonds is 3. The van der Waals surface area contributed by atoms with Gasteiger partial charge in [-0.2, -0.15) is 0 Å². The number of hydrogen-bond donors (Lipinski definition) is 1. The van der Waals surface area contributed by atoms with Gasteiger partial charge < -0.3 is 14.7 Å². The fourth-order valence-electron chi connectivity index (χ4n) is 2.70. The molecule has 2 heterocycles. The van der Waals surface area contributed by atoms with Crippen molar-refractivity contribution in [1.82, 2.24) is 4.90 Å². The molecule has 18 heavy (non-hydrogen) atoms. The van der Waals surface area contributed by atoms with Crippen LogP contribution < -0.4 is 0 Å². The maximum atomic E-state index is 12.1. The minimum atomic E-state index is -0.730. The zero-order valence-electron chi connectivity index (χ0n) is 10.6. The van der Waals surface area contributed by atoms with E-state index < -0.39 is 5.97 Å². The fourth-order valence-corrected chi connectivity index (χ4v) is 2.70. The standard InChI is InChI=1S/C13H21NO4/c15-12(9-10-3-7-18-8-4-10)14-5-1-11(2-6-14)13(16)17/h10-11H,1-9H2,(H,16,17). The molecule has 5 nitrogen and oxygen atoms in total. The third-order valence-electron chi connectivity index (χ3n) is 4.00. The summed E-state index contributed by atoms with van der Waals surface area (Å²) in [6, 6.07) is 0. The Morgan fingerprint density at radius 3 is 2.28 bits per heavy atom. The van der Waals surface area contributed by atoms with E-state index in [4.69, 9.17) is 9.84 Å². The first-order chi connectivity index (χ1) is 8.66. The first-order valence-electron chi connectivity index (χ1n) is 6.75. The van der Waals surface area contributed by atoms with Crippen LogP contribution in [0.25, 0.3) is 0 Å². The molecule has 0 atom stereocenters. The van der Waals surface area contributed by atoms with Gasteiger partial charge in [-0.15, -0.1) is 0 Å². The van der Waals surface area contributed by atoms with Gasteiger partial charge in [-0.1, -0.05) is 0 Å². The van der Waals surface area contributed by atoms with Gasteiger partial charge in [-0.3, -0.25) is 9.59 Å². The number of piperidine rings is 1. The highest BCUT2D eigenvalue weighted by Crippen LogP contribution is 2.22. The van der Waals surface area contributed by atoms with Gasteiger partial charge in [-0.25, -0.2) is 0 Å². The molecule has 0 bridgehead atoms. The number of carboxylic acids is 1. The maximum absolute atomic E-state index is 12.1. The highest BCUT2D eigenvalue weighted by atomic mass is 16.5. The summed E-state index contributed by atoms with van der Waals surface area (Å²) in [7, 11) is 0. The molecular formula is C13H21NO4. The molecule has 0 unspecified atom stereocenters. The number of amides is 1. The lowest BCUT2D eigenvalue weighted by Crippen LogP contribution is -2.41. The molecule has 102 valence electrons. The van der Waals surface area contributed by atoms with Crippen LogP contribution in [0.4, 0.5) is 0 Å².